The first kappa shape index (κ1) is 19.5. The number of nitrogen functional groups attached to an aromatic ring is 1. The van der Waals surface area contributed by atoms with Crippen molar-refractivity contribution in [3.05, 3.63) is 46.0 Å². The first-order chi connectivity index (χ1) is 15.9. The van der Waals surface area contributed by atoms with Crippen molar-refractivity contribution in [2.24, 2.45) is 5.92 Å². The standard InChI is InChI=1S/C23H21F2N5O2S/c1-8-2-3-10-18(26)21(33-23(10)28-8)22(31)29-9-4-11-14(32-7-9)5-12(17(25)16(11)24)30-13-6-27-19-15(13)20(19)30/h2-3,5,9,13,15,19-20,27H,4,6-7,26H2,1H3,(H,29,31)/t9-,13?,15?,19+,20?/m1/s1. The second-order valence-electron chi connectivity index (χ2n) is 9.31. The van der Waals surface area contributed by atoms with E-state index in [-0.39, 0.29) is 42.3 Å². The Morgan fingerprint density at radius 1 is 1.36 bits per heavy atom. The Labute approximate surface area is 191 Å². The largest absolute Gasteiger partial charge is 0.491 e. The Morgan fingerprint density at radius 3 is 2.97 bits per heavy atom. The number of nitrogens with two attached hydrogens (primary N) is 1. The number of amides is 1. The molecule has 5 atom stereocenters. The number of piperidine rings is 1. The Balaban J connectivity index is 1.13. The SMILES string of the molecule is Cc1ccc2c(N)c(C(=O)N[C@H]3COc4cc(N5C6CN[C@H]7C6C75)c(F)c(F)c4C3)sc2n1. The molecule has 3 fully saturated rings. The minimum absolute atomic E-state index is 0.145. The van der Waals surface area contributed by atoms with Crippen LogP contribution in [0.15, 0.2) is 18.2 Å². The van der Waals surface area contributed by atoms with Crippen molar-refractivity contribution in [2.75, 3.05) is 23.8 Å². The van der Waals surface area contributed by atoms with Gasteiger partial charge in [0.15, 0.2) is 11.6 Å². The smallest absolute Gasteiger partial charge is 0.263 e. The number of hydrogen-bond donors (Lipinski definition) is 3. The number of thiophene rings is 1. The van der Waals surface area contributed by atoms with Crippen molar-refractivity contribution in [1.82, 2.24) is 15.6 Å². The lowest BCUT2D eigenvalue weighted by Gasteiger charge is -2.43. The molecular weight excluding hydrogens is 448 g/mol. The van der Waals surface area contributed by atoms with Gasteiger partial charge in [0, 0.05) is 53.7 Å². The number of halogens is 2. The minimum Gasteiger partial charge on any atom is -0.491 e. The highest BCUT2D eigenvalue weighted by molar-refractivity contribution is 7.21. The summed E-state index contributed by atoms with van der Waals surface area (Å²) in [6, 6.07) is 5.70. The minimum atomic E-state index is -0.893. The summed E-state index contributed by atoms with van der Waals surface area (Å²) in [6.45, 7) is 2.84. The summed E-state index contributed by atoms with van der Waals surface area (Å²) in [5.41, 5.74) is 7.83. The molecule has 0 spiro atoms. The van der Waals surface area contributed by atoms with Crippen molar-refractivity contribution >= 4 is 38.8 Å². The van der Waals surface area contributed by atoms with Gasteiger partial charge in [0.2, 0.25) is 0 Å². The molecule has 1 saturated carbocycles. The summed E-state index contributed by atoms with van der Waals surface area (Å²) < 4.78 is 35.9. The highest BCUT2D eigenvalue weighted by Gasteiger charge is 2.72. The van der Waals surface area contributed by atoms with Gasteiger partial charge >= 0.3 is 0 Å². The van der Waals surface area contributed by atoms with E-state index in [2.05, 4.69) is 15.6 Å². The maximum atomic E-state index is 15.1. The van der Waals surface area contributed by atoms with Gasteiger partial charge in [-0.05, 0) is 19.1 Å². The lowest BCUT2D eigenvalue weighted by atomic mass is 9.97. The second kappa shape index (κ2) is 6.54. The molecule has 5 heterocycles. The maximum absolute atomic E-state index is 15.1. The van der Waals surface area contributed by atoms with Gasteiger partial charge in [0.25, 0.3) is 5.91 Å². The molecule has 7 rings (SSSR count). The fourth-order valence-electron chi connectivity index (χ4n) is 5.77. The van der Waals surface area contributed by atoms with Crippen molar-refractivity contribution < 1.29 is 18.3 Å². The normalized spacial score (nSPS) is 28.7. The molecular formula is C23H21F2N5O2S. The number of carbonyl (C=O) groups is 1. The van der Waals surface area contributed by atoms with Gasteiger partial charge in [-0.1, -0.05) is 0 Å². The highest BCUT2D eigenvalue weighted by Crippen LogP contribution is 2.58. The third-order valence-corrected chi connectivity index (χ3v) is 8.53. The van der Waals surface area contributed by atoms with Crippen LogP contribution in [0, 0.1) is 24.5 Å². The van der Waals surface area contributed by atoms with Gasteiger partial charge < -0.3 is 26.0 Å². The number of benzene rings is 1. The predicted octanol–water partition coefficient (Wildman–Crippen LogP) is 2.36. The van der Waals surface area contributed by atoms with Crippen molar-refractivity contribution in [3.63, 3.8) is 0 Å². The molecule has 3 aliphatic heterocycles. The number of aryl methyl sites for hydroxylation is 1. The summed E-state index contributed by atoms with van der Waals surface area (Å²) in [6.07, 6.45) is 0.145. The van der Waals surface area contributed by atoms with E-state index in [0.717, 1.165) is 17.6 Å². The lowest BCUT2D eigenvalue weighted by Crippen LogP contribution is -2.56. The molecule has 2 aromatic heterocycles. The highest BCUT2D eigenvalue weighted by atomic mass is 32.1. The van der Waals surface area contributed by atoms with Gasteiger partial charge in [0.05, 0.1) is 23.5 Å². The van der Waals surface area contributed by atoms with Gasteiger partial charge in [-0.2, -0.15) is 0 Å². The van der Waals surface area contributed by atoms with Gasteiger partial charge in [0.1, 0.15) is 22.1 Å². The molecule has 0 radical (unpaired) electrons. The summed E-state index contributed by atoms with van der Waals surface area (Å²) in [5, 5.41) is 7.00. The monoisotopic (exact) mass is 469 g/mol. The van der Waals surface area contributed by atoms with Crippen LogP contribution in [-0.4, -0.2) is 48.2 Å². The number of anilines is 2. The summed E-state index contributed by atoms with van der Waals surface area (Å²) >= 11 is 1.22. The Kier molecular flexibility index (Phi) is 3.86. The van der Waals surface area contributed by atoms with Crippen LogP contribution in [0.5, 0.6) is 5.75 Å². The van der Waals surface area contributed by atoms with E-state index < -0.39 is 17.7 Å². The van der Waals surface area contributed by atoms with Crippen LogP contribution in [0.2, 0.25) is 0 Å². The number of rotatable bonds is 3. The molecule has 4 aliphatic rings. The third kappa shape index (κ3) is 2.61. The number of piperazine rings is 1. The second-order valence-corrected chi connectivity index (χ2v) is 10.3. The van der Waals surface area contributed by atoms with Gasteiger partial charge in [-0.25, -0.2) is 13.8 Å². The molecule has 1 aliphatic carbocycles. The van der Waals surface area contributed by atoms with E-state index in [1.54, 1.807) is 6.07 Å². The number of nitrogens with zero attached hydrogens (tertiary/aromatic N) is 2. The zero-order valence-corrected chi connectivity index (χ0v) is 18.5. The third-order valence-electron chi connectivity index (χ3n) is 7.41. The number of hydrogen-bond acceptors (Lipinski definition) is 7. The Morgan fingerprint density at radius 2 is 2.21 bits per heavy atom. The molecule has 10 heteroatoms. The van der Waals surface area contributed by atoms with Crippen LogP contribution in [-0.2, 0) is 6.42 Å². The first-order valence-corrected chi connectivity index (χ1v) is 11.9. The lowest BCUT2D eigenvalue weighted by molar-refractivity contribution is 0.0919. The quantitative estimate of drug-likeness (QED) is 0.546. The molecule has 1 amide bonds. The topological polar surface area (TPSA) is 92.5 Å². The fourth-order valence-corrected chi connectivity index (χ4v) is 6.81. The molecule has 33 heavy (non-hydrogen) atoms. The molecule has 7 nitrogen and oxygen atoms in total. The zero-order chi connectivity index (χ0) is 22.6. The molecule has 1 aromatic carbocycles. The number of nitrogens with one attached hydrogen (secondary N) is 2. The number of fused-ring (bicyclic) bond motifs is 3. The summed E-state index contributed by atoms with van der Waals surface area (Å²) in [7, 11) is 0. The predicted molar refractivity (Wildman–Crippen MR) is 121 cm³/mol. The average Bonchev–Trinajstić information content (AvgIpc) is 3.06. The number of aromatic nitrogens is 1. The molecule has 3 unspecified atom stereocenters. The van der Waals surface area contributed by atoms with Crippen LogP contribution in [0.1, 0.15) is 20.9 Å². The molecule has 0 bridgehead atoms. The summed E-state index contributed by atoms with van der Waals surface area (Å²) in [4.78, 5) is 20.4. The maximum Gasteiger partial charge on any atom is 0.263 e. The number of carbonyl (C=O) groups excluding carboxylic acids is 1. The van der Waals surface area contributed by atoms with Crippen molar-refractivity contribution in [1.29, 1.82) is 0 Å². The van der Waals surface area contributed by atoms with E-state index in [0.29, 0.717) is 33.1 Å². The van der Waals surface area contributed by atoms with Crippen molar-refractivity contribution in [3.8, 4) is 5.75 Å². The summed E-state index contributed by atoms with van der Waals surface area (Å²) in [5.74, 6) is -1.19. The zero-order valence-electron chi connectivity index (χ0n) is 17.7. The number of ether oxygens (including phenoxy) is 1. The van der Waals surface area contributed by atoms with E-state index in [4.69, 9.17) is 10.5 Å². The molecule has 3 aromatic rings. The van der Waals surface area contributed by atoms with Crippen LogP contribution in [0.3, 0.4) is 0 Å². The Hall–Kier alpha value is -2.98. The van der Waals surface area contributed by atoms with Gasteiger partial charge in [-0.15, -0.1) is 11.3 Å². The molecule has 2 saturated heterocycles. The van der Waals surface area contributed by atoms with Gasteiger partial charge in [-0.3, -0.25) is 4.79 Å². The van der Waals surface area contributed by atoms with Crippen LogP contribution in [0.4, 0.5) is 20.2 Å². The van der Waals surface area contributed by atoms with Crippen LogP contribution >= 0.6 is 11.3 Å². The van der Waals surface area contributed by atoms with E-state index in [1.165, 1.54) is 11.3 Å². The van der Waals surface area contributed by atoms with E-state index in [1.807, 2.05) is 24.0 Å². The molecule has 4 N–H and O–H groups in total. The average molecular weight is 470 g/mol. The molecule has 170 valence electrons. The van der Waals surface area contributed by atoms with Crippen LogP contribution < -0.4 is 26.0 Å². The Bertz CT molecular complexity index is 1360. The van der Waals surface area contributed by atoms with Crippen LogP contribution in [0.25, 0.3) is 10.2 Å². The first-order valence-electron chi connectivity index (χ1n) is 11.0. The van der Waals surface area contributed by atoms with E-state index in [9.17, 15) is 4.79 Å². The fraction of sp³-hybridized carbons (Fsp3) is 0.391. The number of pyridine rings is 1. The van der Waals surface area contributed by atoms with Crippen molar-refractivity contribution in [2.45, 2.75) is 37.5 Å². The van der Waals surface area contributed by atoms with E-state index >= 15 is 8.78 Å².